The molecule has 1 aromatic heterocycles. The molecule has 1 unspecified atom stereocenters. The van der Waals surface area contributed by atoms with Gasteiger partial charge in [-0.05, 0) is 55.3 Å². The SMILES string of the molecule is CCCCC(=O)c1ccc(NC(C)c2ccc(-c3nnc(C)o3)cc2)cc1. The molecule has 3 rings (SSSR count). The Balaban J connectivity index is 1.63. The number of ketones is 1. The molecule has 27 heavy (non-hydrogen) atoms. The van der Waals surface area contributed by atoms with Gasteiger partial charge >= 0.3 is 0 Å². The standard InChI is InChI=1S/C22H25N3O2/c1-4-5-6-21(26)18-11-13-20(14-12-18)23-15(2)17-7-9-19(10-8-17)22-25-24-16(3)27-22/h7-15,23H,4-6H2,1-3H3. The van der Waals surface area contributed by atoms with Gasteiger partial charge in [-0.2, -0.15) is 0 Å². The second kappa shape index (κ2) is 8.62. The van der Waals surface area contributed by atoms with Gasteiger partial charge in [0.25, 0.3) is 0 Å². The van der Waals surface area contributed by atoms with Crippen LogP contribution in [0.5, 0.6) is 0 Å². The molecule has 5 nitrogen and oxygen atoms in total. The van der Waals surface area contributed by atoms with E-state index in [2.05, 4.69) is 41.5 Å². The van der Waals surface area contributed by atoms with Gasteiger partial charge in [0.2, 0.25) is 11.8 Å². The van der Waals surface area contributed by atoms with Crippen LogP contribution in [0.2, 0.25) is 0 Å². The number of nitrogens with zero attached hydrogens (tertiary/aromatic N) is 2. The van der Waals surface area contributed by atoms with E-state index in [0.29, 0.717) is 18.2 Å². The van der Waals surface area contributed by atoms with Crippen LogP contribution < -0.4 is 5.32 Å². The number of hydrogen-bond donors (Lipinski definition) is 1. The number of anilines is 1. The first-order valence-corrected chi connectivity index (χ1v) is 9.37. The molecule has 0 bridgehead atoms. The Morgan fingerprint density at radius 2 is 1.78 bits per heavy atom. The molecule has 0 saturated heterocycles. The second-order valence-corrected chi connectivity index (χ2v) is 6.72. The van der Waals surface area contributed by atoms with Gasteiger partial charge in [-0.1, -0.05) is 25.5 Å². The lowest BCUT2D eigenvalue weighted by Gasteiger charge is -2.16. The van der Waals surface area contributed by atoms with Crippen molar-refractivity contribution in [2.45, 2.75) is 46.1 Å². The number of hydrogen-bond acceptors (Lipinski definition) is 5. The quantitative estimate of drug-likeness (QED) is 0.528. The van der Waals surface area contributed by atoms with Crippen LogP contribution >= 0.6 is 0 Å². The maximum Gasteiger partial charge on any atom is 0.247 e. The number of aryl methyl sites for hydroxylation is 1. The summed E-state index contributed by atoms with van der Waals surface area (Å²) in [5.74, 6) is 1.30. The molecular weight excluding hydrogens is 338 g/mol. The maximum atomic E-state index is 12.1. The summed E-state index contributed by atoms with van der Waals surface area (Å²) in [6.07, 6.45) is 2.59. The Kier molecular flexibility index (Phi) is 6.01. The van der Waals surface area contributed by atoms with E-state index < -0.39 is 0 Å². The molecule has 1 N–H and O–H groups in total. The lowest BCUT2D eigenvalue weighted by atomic mass is 10.0. The zero-order chi connectivity index (χ0) is 19.2. The Labute approximate surface area is 159 Å². The van der Waals surface area contributed by atoms with Crippen LogP contribution in [0.25, 0.3) is 11.5 Å². The molecule has 0 saturated carbocycles. The lowest BCUT2D eigenvalue weighted by molar-refractivity contribution is 0.0980. The van der Waals surface area contributed by atoms with Crippen LogP contribution in [0.1, 0.15) is 61.0 Å². The van der Waals surface area contributed by atoms with E-state index in [4.69, 9.17) is 4.42 Å². The van der Waals surface area contributed by atoms with Crippen LogP contribution in [-0.2, 0) is 0 Å². The maximum absolute atomic E-state index is 12.1. The Bertz CT molecular complexity index is 883. The molecule has 2 aromatic carbocycles. The van der Waals surface area contributed by atoms with Gasteiger partial charge in [-0.3, -0.25) is 4.79 Å². The highest BCUT2D eigenvalue weighted by molar-refractivity contribution is 5.96. The van der Waals surface area contributed by atoms with Crippen LogP contribution in [-0.4, -0.2) is 16.0 Å². The average molecular weight is 363 g/mol. The summed E-state index contributed by atoms with van der Waals surface area (Å²) in [6.45, 7) is 5.98. The van der Waals surface area contributed by atoms with Crippen molar-refractivity contribution in [1.29, 1.82) is 0 Å². The fourth-order valence-electron chi connectivity index (χ4n) is 2.89. The van der Waals surface area contributed by atoms with Gasteiger partial charge in [0.05, 0.1) is 0 Å². The fourth-order valence-corrected chi connectivity index (χ4v) is 2.89. The molecule has 0 aliphatic rings. The van der Waals surface area contributed by atoms with Gasteiger partial charge < -0.3 is 9.73 Å². The number of nitrogens with one attached hydrogen (secondary N) is 1. The number of unbranched alkanes of at least 4 members (excludes halogenated alkanes) is 1. The van der Waals surface area contributed by atoms with Crippen molar-refractivity contribution >= 4 is 11.5 Å². The van der Waals surface area contributed by atoms with E-state index >= 15 is 0 Å². The number of aromatic nitrogens is 2. The highest BCUT2D eigenvalue weighted by atomic mass is 16.4. The highest BCUT2D eigenvalue weighted by Crippen LogP contribution is 2.24. The monoisotopic (exact) mass is 363 g/mol. The van der Waals surface area contributed by atoms with Crippen LogP contribution in [0.4, 0.5) is 5.69 Å². The molecule has 1 atom stereocenters. The first kappa shape index (κ1) is 18.8. The van der Waals surface area contributed by atoms with Crippen LogP contribution in [0, 0.1) is 6.92 Å². The average Bonchev–Trinajstić information content (AvgIpc) is 3.13. The zero-order valence-corrected chi connectivity index (χ0v) is 16.0. The minimum atomic E-state index is 0.130. The Hall–Kier alpha value is -2.95. The van der Waals surface area contributed by atoms with Crippen molar-refractivity contribution in [3.63, 3.8) is 0 Å². The van der Waals surface area contributed by atoms with Gasteiger partial charge in [0, 0.05) is 36.2 Å². The summed E-state index contributed by atoms with van der Waals surface area (Å²) in [4.78, 5) is 12.1. The van der Waals surface area contributed by atoms with E-state index in [-0.39, 0.29) is 11.8 Å². The normalized spacial score (nSPS) is 12.0. The molecule has 0 fully saturated rings. The predicted octanol–water partition coefficient (Wildman–Crippen LogP) is 5.59. The fraction of sp³-hybridized carbons (Fsp3) is 0.318. The van der Waals surface area contributed by atoms with E-state index in [9.17, 15) is 4.79 Å². The molecule has 5 heteroatoms. The van der Waals surface area contributed by atoms with E-state index in [1.54, 1.807) is 6.92 Å². The molecule has 3 aromatic rings. The zero-order valence-electron chi connectivity index (χ0n) is 16.0. The summed E-state index contributed by atoms with van der Waals surface area (Å²) in [7, 11) is 0. The second-order valence-electron chi connectivity index (χ2n) is 6.72. The molecule has 0 aliphatic carbocycles. The summed E-state index contributed by atoms with van der Waals surface area (Å²) >= 11 is 0. The molecular formula is C22H25N3O2. The van der Waals surface area contributed by atoms with Gasteiger partial charge in [0.15, 0.2) is 5.78 Å². The highest BCUT2D eigenvalue weighted by Gasteiger charge is 2.10. The molecule has 0 radical (unpaired) electrons. The van der Waals surface area contributed by atoms with Crippen LogP contribution in [0.3, 0.4) is 0 Å². The summed E-state index contributed by atoms with van der Waals surface area (Å²) in [5, 5.41) is 11.4. The smallest absolute Gasteiger partial charge is 0.247 e. The van der Waals surface area contributed by atoms with Crippen molar-refractivity contribution in [3.8, 4) is 11.5 Å². The molecule has 0 amide bonds. The van der Waals surface area contributed by atoms with Crippen LogP contribution in [0.15, 0.2) is 52.9 Å². The topological polar surface area (TPSA) is 68.0 Å². The Morgan fingerprint density at radius 1 is 1.07 bits per heavy atom. The minimum absolute atomic E-state index is 0.130. The number of Topliss-reactive ketones (excluding diaryl/α,β-unsaturated/α-hetero) is 1. The third kappa shape index (κ3) is 4.82. The van der Waals surface area contributed by atoms with Gasteiger partial charge in [-0.25, -0.2) is 0 Å². The number of carbonyl (C=O) groups is 1. The van der Waals surface area contributed by atoms with E-state index in [1.165, 1.54) is 0 Å². The van der Waals surface area contributed by atoms with Crippen molar-refractivity contribution in [2.24, 2.45) is 0 Å². The molecule has 0 aliphatic heterocycles. The predicted molar refractivity (Wildman–Crippen MR) is 107 cm³/mol. The van der Waals surface area contributed by atoms with Crippen molar-refractivity contribution in [3.05, 3.63) is 65.5 Å². The summed E-state index contributed by atoms with van der Waals surface area (Å²) in [5.41, 5.74) is 3.83. The first-order chi connectivity index (χ1) is 13.1. The van der Waals surface area contributed by atoms with E-state index in [1.807, 2.05) is 36.4 Å². The van der Waals surface area contributed by atoms with Gasteiger partial charge in [-0.15, -0.1) is 10.2 Å². The lowest BCUT2D eigenvalue weighted by Crippen LogP contribution is -2.07. The molecule has 1 heterocycles. The summed E-state index contributed by atoms with van der Waals surface area (Å²) in [6, 6.07) is 15.9. The number of carbonyl (C=O) groups excluding carboxylic acids is 1. The third-order valence-electron chi connectivity index (χ3n) is 4.53. The van der Waals surface area contributed by atoms with Crippen molar-refractivity contribution in [1.82, 2.24) is 10.2 Å². The number of rotatable bonds is 8. The minimum Gasteiger partial charge on any atom is -0.421 e. The Morgan fingerprint density at radius 3 is 2.37 bits per heavy atom. The van der Waals surface area contributed by atoms with Crippen molar-refractivity contribution < 1.29 is 9.21 Å². The largest absolute Gasteiger partial charge is 0.421 e. The molecule has 140 valence electrons. The van der Waals surface area contributed by atoms with E-state index in [0.717, 1.165) is 35.2 Å². The van der Waals surface area contributed by atoms with Crippen molar-refractivity contribution in [2.75, 3.05) is 5.32 Å². The third-order valence-corrected chi connectivity index (χ3v) is 4.53. The molecule has 0 spiro atoms. The first-order valence-electron chi connectivity index (χ1n) is 9.37. The number of benzene rings is 2. The summed E-state index contributed by atoms with van der Waals surface area (Å²) < 4.78 is 5.46. The van der Waals surface area contributed by atoms with Gasteiger partial charge in [0.1, 0.15) is 0 Å².